The standard InChI is InChI=1S/C65H108N4O47/c1-15-33(83)40(90)42(92)59(100-15)111-51-31(68-19(5)79)56(97)102-27(13-75)48(51)109-62-45(95)53(36(86)24(10-72)104-62)113-57-30(67-18(4)78)39(89)47(26(12-74)106-57)108-61-44(94)54(37(87)23(9-71)103-61)114-58-32(69-20(6)80)52(112-60-43(93)41(91)34(84)16(2)101-60)49(28(14-76)107-58)110-63-46(96)55(38(88)25(11-73)105-63)116-65(64(98)99)7-21(81)29(66-17(3)77)50(115-65)35(85)22(82)8-70/h15-16,21-63,70-76,81-97H,7-14H2,1-6H3,(H,66,77)(H,67,78)(H,68,79)(H,69,80)(H,98,99)/t15-,16-,21-,22+,23+,24+,25+,26+,27+,28+,29+,30+,31+,32+,33+,34+,35+,36-,37-,38-,39+,40+,41+,42-,43-,44+,45+,46+,47+,48+,49+,50+,51+,52+,53-,54-,55-,56+,57-,58-,59-,60-,61-,62-,63-,65-/m0/s1. The van der Waals surface area contributed by atoms with Gasteiger partial charge in [0.15, 0.2) is 50.3 Å². The van der Waals surface area contributed by atoms with E-state index in [9.17, 15) is 152 Å². The minimum absolute atomic E-state index is 0.830. The van der Waals surface area contributed by atoms with Crippen molar-refractivity contribution in [3.63, 3.8) is 0 Å². The van der Waals surface area contributed by atoms with Gasteiger partial charge in [0.2, 0.25) is 23.6 Å². The smallest absolute Gasteiger partial charge is 0.364 e. The maximum atomic E-state index is 13.5. The molecule has 9 heterocycles. The number of carbonyl (C=O) groups is 5. The van der Waals surface area contributed by atoms with E-state index in [2.05, 4.69) is 21.3 Å². The fourth-order valence-corrected chi connectivity index (χ4v) is 15.2. The fourth-order valence-electron chi connectivity index (χ4n) is 15.2. The normalized spacial score (nSPS) is 48.2. The zero-order valence-electron chi connectivity index (χ0n) is 62.8. The topological polar surface area (TPSA) is 796 Å². The summed E-state index contributed by atoms with van der Waals surface area (Å²) >= 11 is 0. The number of amides is 4. The summed E-state index contributed by atoms with van der Waals surface area (Å²) in [5.74, 6) is -9.23. The van der Waals surface area contributed by atoms with E-state index in [1.165, 1.54) is 13.8 Å². The van der Waals surface area contributed by atoms with Crippen molar-refractivity contribution in [2.45, 2.75) is 330 Å². The number of aliphatic hydroxyl groups is 24. The SMILES string of the molecule is CC(=O)N[C@@H]1[C@@H](O[C@@H]2O[C@@H](C)[C@@H](O)[C@@H](O)[C@@H]2O)[C@H](O[C@@H]2O[C@H](CO)[C@H](O)[C@H](O[C@@H]3O[C@H](CO)[C@@H](O[C@@H]4O[C@H](CO)[C@H](O)[C@H](O[C@@H]5O[C@H](CO)[C@@H](O[C@@H]6O[C@H](CO)[C@H](O)[C@H](O[C@]7(C(=O)O)C[C@H](O)[C@@H](NC(C)=O)[C@H]([C@H](O)[C@H](O)CO)O7)[C@H]6O)[C@H](O[C@@H]6O[C@@H](C)[C@@H](O)[C@@H](O)[C@@H]6O)[C@H]5NC(C)=O)[C@H]4O)[C@H](O)[C@H]3NC(C)=O)[C@H]2O)[C@@H](CO)O[C@H]1O. The van der Waals surface area contributed by atoms with Crippen LogP contribution in [-0.4, -0.2) is 485 Å². The first-order chi connectivity index (χ1) is 54.6. The molecule has 0 bridgehead atoms. The van der Waals surface area contributed by atoms with Crippen molar-refractivity contribution in [1.82, 2.24) is 21.3 Å². The minimum atomic E-state index is -3.33. The van der Waals surface area contributed by atoms with Gasteiger partial charge < -0.3 is 229 Å². The maximum absolute atomic E-state index is 13.5. The second-order valence-corrected chi connectivity index (χ2v) is 29.5. The Kier molecular flexibility index (Phi) is 33.6. The Labute approximate surface area is 657 Å². The first-order valence-electron chi connectivity index (χ1n) is 37.0. The van der Waals surface area contributed by atoms with Gasteiger partial charge in [0.25, 0.3) is 5.79 Å². The third kappa shape index (κ3) is 20.6. The highest BCUT2D eigenvalue weighted by molar-refractivity contribution is 5.77. The van der Waals surface area contributed by atoms with Gasteiger partial charge in [-0.1, -0.05) is 0 Å². The predicted octanol–water partition coefficient (Wildman–Crippen LogP) is -18.8. The second-order valence-electron chi connectivity index (χ2n) is 29.5. The highest BCUT2D eigenvalue weighted by atomic mass is 16.8. The van der Waals surface area contributed by atoms with Crippen LogP contribution in [0.3, 0.4) is 0 Å². The fraction of sp³-hybridized carbons (Fsp3) is 0.923. The average Bonchev–Trinajstić information content (AvgIpc) is 0.754. The van der Waals surface area contributed by atoms with Crippen molar-refractivity contribution in [3.8, 4) is 0 Å². The zero-order chi connectivity index (χ0) is 85.9. The summed E-state index contributed by atoms with van der Waals surface area (Å²) in [5.41, 5.74) is 0. The van der Waals surface area contributed by atoms with Crippen LogP contribution in [-0.2, 0) is 104 Å². The molecule has 9 saturated heterocycles. The van der Waals surface area contributed by atoms with Crippen molar-refractivity contribution in [3.05, 3.63) is 0 Å². The van der Waals surface area contributed by atoms with Crippen molar-refractivity contribution in [1.29, 1.82) is 0 Å². The van der Waals surface area contributed by atoms with Crippen LogP contribution in [0.25, 0.3) is 0 Å². The Morgan fingerprint density at radius 2 is 0.681 bits per heavy atom. The molecular weight excluding hydrogens is 1590 g/mol. The van der Waals surface area contributed by atoms with Crippen LogP contribution in [0.15, 0.2) is 0 Å². The number of hydrogen-bond acceptors (Lipinski definition) is 46. The molecule has 0 aromatic carbocycles. The molecule has 4 amide bonds. The van der Waals surface area contributed by atoms with Crippen LogP contribution in [0.5, 0.6) is 0 Å². The van der Waals surface area contributed by atoms with Gasteiger partial charge in [-0.25, -0.2) is 4.79 Å². The van der Waals surface area contributed by atoms with Crippen molar-refractivity contribution < 1.29 is 232 Å². The summed E-state index contributed by atoms with van der Waals surface area (Å²) in [4.78, 5) is 64.8. The quantitative estimate of drug-likeness (QED) is 0.0318. The van der Waals surface area contributed by atoms with E-state index in [1.54, 1.807) is 0 Å². The third-order valence-electron chi connectivity index (χ3n) is 21.3. The van der Waals surface area contributed by atoms with E-state index in [1.807, 2.05) is 0 Å². The van der Waals surface area contributed by atoms with Crippen LogP contribution >= 0.6 is 0 Å². The molecule has 0 radical (unpaired) electrons. The molecule has 46 atom stereocenters. The second kappa shape index (κ2) is 40.8. The lowest BCUT2D eigenvalue weighted by atomic mass is 9.88. The molecule has 0 unspecified atom stereocenters. The first kappa shape index (κ1) is 95.5. The maximum Gasteiger partial charge on any atom is 0.364 e. The Balaban J connectivity index is 0.992. The molecule has 0 spiro atoms. The molecule has 51 nitrogen and oxygen atoms in total. The number of rotatable bonds is 30. The molecule has 670 valence electrons. The van der Waals surface area contributed by atoms with Gasteiger partial charge in [-0.2, -0.15) is 0 Å². The third-order valence-corrected chi connectivity index (χ3v) is 21.3. The molecule has 0 saturated carbocycles. The summed E-state index contributed by atoms with van der Waals surface area (Å²) in [6.07, 6.45) is -87.2. The van der Waals surface area contributed by atoms with Gasteiger partial charge in [0.1, 0.15) is 201 Å². The van der Waals surface area contributed by atoms with Crippen LogP contribution in [0.2, 0.25) is 0 Å². The number of aliphatic hydroxyl groups excluding tert-OH is 24. The van der Waals surface area contributed by atoms with E-state index < -0.39 is 364 Å². The van der Waals surface area contributed by atoms with Gasteiger partial charge in [0, 0.05) is 34.1 Å². The molecule has 9 aliphatic rings. The summed E-state index contributed by atoms with van der Waals surface area (Å²) in [6, 6.07) is -7.57. The van der Waals surface area contributed by atoms with Gasteiger partial charge >= 0.3 is 5.97 Å². The molecule has 9 rings (SSSR count). The van der Waals surface area contributed by atoms with Crippen molar-refractivity contribution >= 4 is 29.6 Å². The lowest BCUT2D eigenvalue weighted by Crippen LogP contribution is -2.72. The molecule has 51 heteroatoms. The molecule has 29 N–H and O–H groups in total. The number of nitrogens with one attached hydrogen (secondary N) is 4. The lowest BCUT2D eigenvalue weighted by Gasteiger charge is -2.52. The molecule has 9 aliphatic heterocycles. The largest absolute Gasteiger partial charge is 0.477 e. The van der Waals surface area contributed by atoms with Crippen molar-refractivity contribution in [2.75, 3.05) is 46.2 Å². The Hall–Kier alpha value is -4.29. The number of carbonyl (C=O) groups excluding carboxylic acids is 4. The molecule has 0 aliphatic carbocycles. The number of ether oxygens (including phenoxy) is 17. The van der Waals surface area contributed by atoms with Crippen molar-refractivity contribution in [2.24, 2.45) is 0 Å². The number of hydrogen-bond donors (Lipinski definition) is 29. The Bertz CT molecular complexity index is 3170. The first-order valence-corrected chi connectivity index (χ1v) is 37.0. The summed E-state index contributed by atoms with van der Waals surface area (Å²) in [7, 11) is 0. The number of aliphatic carboxylic acids is 1. The molecular formula is C65H108N4O47. The molecule has 116 heavy (non-hydrogen) atoms. The zero-order valence-corrected chi connectivity index (χ0v) is 62.8. The van der Waals surface area contributed by atoms with Crippen LogP contribution in [0.4, 0.5) is 0 Å². The highest BCUT2D eigenvalue weighted by Crippen LogP contribution is 2.43. The molecule has 0 aromatic heterocycles. The summed E-state index contributed by atoms with van der Waals surface area (Å²) in [5, 5.41) is 288. The molecule has 0 aromatic rings. The number of carboxylic acids is 1. The van der Waals surface area contributed by atoms with Crippen LogP contribution < -0.4 is 21.3 Å². The minimum Gasteiger partial charge on any atom is -0.477 e. The van der Waals surface area contributed by atoms with E-state index >= 15 is 0 Å². The van der Waals surface area contributed by atoms with E-state index in [0.29, 0.717) is 0 Å². The molecule has 9 fully saturated rings. The highest BCUT2D eigenvalue weighted by Gasteiger charge is 2.64. The van der Waals surface area contributed by atoms with E-state index in [-0.39, 0.29) is 0 Å². The van der Waals surface area contributed by atoms with Crippen LogP contribution in [0.1, 0.15) is 48.0 Å². The van der Waals surface area contributed by atoms with Gasteiger partial charge in [-0.3, -0.25) is 19.2 Å². The lowest BCUT2D eigenvalue weighted by molar-refractivity contribution is -0.400. The van der Waals surface area contributed by atoms with Gasteiger partial charge in [-0.05, 0) is 13.8 Å². The monoisotopic (exact) mass is 1700 g/mol. The Morgan fingerprint density at radius 3 is 1.09 bits per heavy atom. The van der Waals surface area contributed by atoms with E-state index in [4.69, 9.17) is 80.5 Å². The van der Waals surface area contributed by atoms with Gasteiger partial charge in [0.05, 0.1) is 70.6 Å². The number of carboxylic acid groups (broad SMARTS) is 1. The predicted molar refractivity (Wildman–Crippen MR) is 358 cm³/mol. The average molecular weight is 1700 g/mol. The van der Waals surface area contributed by atoms with Crippen LogP contribution in [0, 0.1) is 0 Å². The van der Waals surface area contributed by atoms with Gasteiger partial charge in [-0.15, -0.1) is 0 Å². The van der Waals surface area contributed by atoms with E-state index in [0.717, 1.165) is 27.7 Å². The summed E-state index contributed by atoms with van der Waals surface area (Å²) in [6.45, 7) is -2.09. The Morgan fingerprint density at radius 1 is 0.353 bits per heavy atom. The summed E-state index contributed by atoms with van der Waals surface area (Å²) < 4.78 is 101.